The van der Waals surface area contributed by atoms with Crippen molar-refractivity contribution >= 4 is 11.9 Å². The fourth-order valence-corrected chi connectivity index (χ4v) is 0.412. The van der Waals surface area contributed by atoms with Crippen molar-refractivity contribution in [2.45, 2.75) is 0 Å². The van der Waals surface area contributed by atoms with Gasteiger partial charge in [0.1, 0.15) is 0 Å². The second kappa shape index (κ2) is 4.45. The van der Waals surface area contributed by atoms with Gasteiger partial charge >= 0.3 is 5.97 Å². The number of hydrogen-bond acceptors (Lipinski definition) is 3. The van der Waals surface area contributed by atoms with Crippen molar-refractivity contribution in [2.75, 3.05) is 13.1 Å². The minimum absolute atomic E-state index is 0.00579. The van der Waals surface area contributed by atoms with Gasteiger partial charge in [0.05, 0.1) is 6.54 Å². The predicted molar refractivity (Wildman–Crippen MR) is 38.8 cm³/mol. The summed E-state index contributed by atoms with van der Waals surface area (Å²) >= 11 is 0. The Morgan fingerprint density at radius 3 is 2.36 bits per heavy atom. The second-order valence-corrected chi connectivity index (χ2v) is 1.98. The average Bonchev–Trinajstić information content (AvgIpc) is 1.86. The summed E-state index contributed by atoms with van der Waals surface area (Å²) in [6.07, 6.45) is 0. The summed E-state index contributed by atoms with van der Waals surface area (Å²) in [5, 5.41) is 10.8. The monoisotopic (exact) mass is 158 g/mol. The van der Waals surface area contributed by atoms with E-state index in [2.05, 4.69) is 11.9 Å². The first-order valence-corrected chi connectivity index (χ1v) is 2.94. The smallest absolute Gasteiger partial charge is 0.332 e. The number of carboxylic acid groups (broad SMARTS) is 1. The Bertz CT molecular complexity index is 188. The van der Waals surface area contributed by atoms with Crippen LogP contribution >= 0.6 is 0 Å². The summed E-state index contributed by atoms with van der Waals surface area (Å²) in [6.45, 7) is 3.27. The summed E-state index contributed by atoms with van der Waals surface area (Å²) in [4.78, 5) is 20.3. The number of amides is 1. The zero-order chi connectivity index (χ0) is 8.85. The van der Waals surface area contributed by atoms with Gasteiger partial charge in [-0.3, -0.25) is 4.79 Å². The Morgan fingerprint density at radius 2 is 2.00 bits per heavy atom. The van der Waals surface area contributed by atoms with E-state index in [-0.39, 0.29) is 18.7 Å². The molecule has 0 aromatic rings. The predicted octanol–water partition coefficient (Wildman–Crippen LogP) is -1.30. The first-order valence-electron chi connectivity index (χ1n) is 2.94. The molecule has 1 amide bonds. The van der Waals surface area contributed by atoms with Crippen LogP contribution in [0.5, 0.6) is 0 Å². The standard InChI is InChI=1S/C6H10N2O3/c1-4(6(10)11)2-8-3-5(7)9/h8H,1-3H2,(H2,7,9)(H,10,11). The summed E-state index contributed by atoms with van der Waals surface area (Å²) in [6, 6.07) is 0. The van der Waals surface area contributed by atoms with Crippen molar-refractivity contribution in [1.82, 2.24) is 5.32 Å². The molecule has 0 unspecified atom stereocenters. The van der Waals surface area contributed by atoms with Crippen LogP contribution in [0, 0.1) is 0 Å². The lowest BCUT2D eigenvalue weighted by molar-refractivity contribution is -0.132. The van der Waals surface area contributed by atoms with E-state index >= 15 is 0 Å². The van der Waals surface area contributed by atoms with Crippen molar-refractivity contribution in [1.29, 1.82) is 0 Å². The molecule has 62 valence electrons. The van der Waals surface area contributed by atoms with E-state index in [9.17, 15) is 9.59 Å². The van der Waals surface area contributed by atoms with Gasteiger partial charge in [0, 0.05) is 12.1 Å². The summed E-state index contributed by atoms with van der Waals surface area (Å²) in [5.41, 5.74) is 4.78. The number of carbonyl (C=O) groups excluding carboxylic acids is 1. The first-order chi connectivity index (χ1) is 5.04. The normalized spacial score (nSPS) is 9.09. The summed E-state index contributed by atoms with van der Waals surface area (Å²) in [5.74, 6) is -1.61. The molecule has 0 saturated carbocycles. The Morgan fingerprint density at radius 1 is 1.45 bits per heavy atom. The topological polar surface area (TPSA) is 92.4 Å². The van der Waals surface area contributed by atoms with Gasteiger partial charge in [0.2, 0.25) is 5.91 Å². The molecule has 5 nitrogen and oxygen atoms in total. The molecule has 0 atom stereocenters. The lowest BCUT2D eigenvalue weighted by atomic mass is 10.3. The molecule has 0 aromatic heterocycles. The molecular weight excluding hydrogens is 148 g/mol. The zero-order valence-electron chi connectivity index (χ0n) is 5.96. The Balaban J connectivity index is 3.47. The molecule has 0 rings (SSSR count). The van der Waals surface area contributed by atoms with Gasteiger partial charge < -0.3 is 16.2 Å². The molecule has 0 heterocycles. The maximum Gasteiger partial charge on any atom is 0.332 e. The molecule has 0 saturated heterocycles. The lowest BCUT2D eigenvalue weighted by Gasteiger charge is -1.99. The van der Waals surface area contributed by atoms with Crippen molar-refractivity contribution in [3.05, 3.63) is 12.2 Å². The zero-order valence-corrected chi connectivity index (χ0v) is 5.96. The van der Waals surface area contributed by atoms with Crippen LogP contribution in [0.15, 0.2) is 12.2 Å². The first kappa shape index (κ1) is 9.64. The number of nitrogens with two attached hydrogens (primary N) is 1. The van der Waals surface area contributed by atoms with E-state index in [4.69, 9.17) is 10.8 Å². The third-order valence-corrected chi connectivity index (χ3v) is 0.940. The molecule has 0 aromatic carbocycles. The van der Waals surface area contributed by atoms with Crippen LogP contribution in [0.2, 0.25) is 0 Å². The quantitative estimate of drug-likeness (QED) is 0.434. The van der Waals surface area contributed by atoms with Crippen molar-refractivity contribution in [3.8, 4) is 0 Å². The van der Waals surface area contributed by atoms with Crippen LogP contribution < -0.4 is 11.1 Å². The van der Waals surface area contributed by atoms with Crippen LogP contribution in [0.3, 0.4) is 0 Å². The van der Waals surface area contributed by atoms with Gasteiger partial charge in [-0.15, -0.1) is 0 Å². The summed E-state index contributed by atoms with van der Waals surface area (Å²) in [7, 11) is 0. The molecule has 0 radical (unpaired) electrons. The van der Waals surface area contributed by atoms with Crippen LogP contribution in [-0.2, 0) is 9.59 Å². The Kier molecular flexibility index (Phi) is 3.90. The lowest BCUT2D eigenvalue weighted by Crippen LogP contribution is -2.30. The molecule has 4 N–H and O–H groups in total. The fourth-order valence-electron chi connectivity index (χ4n) is 0.412. The SMILES string of the molecule is C=C(CNCC(N)=O)C(=O)O. The Labute approximate surface area is 63.9 Å². The number of carboxylic acids is 1. The Hall–Kier alpha value is -1.36. The van der Waals surface area contributed by atoms with E-state index < -0.39 is 11.9 Å². The highest BCUT2D eigenvalue weighted by atomic mass is 16.4. The molecule has 0 aliphatic rings. The van der Waals surface area contributed by atoms with E-state index in [1.54, 1.807) is 0 Å². The highest BCUT2D eigenvalue weighted by molar-refractivity contribution is 5.86. The van der Waals surface area contributed by atoms with Crippen LogP contribution in [-0.4, -0.2) is 30.1 Å². The van der Waals surface area contributed by atoms with Gasteiger partial charge in [-0.25, -0.2) is 4.79 Å². The minimum Gasteiger partial charge on any atom is -0.478 e. The van der Waals surface area contributed by atoms with Gasteiger partial charge in [0.15, 0.2) is 0 Å². The third-order valence-electron chi connectivity index (χ3n) is 0.940. The maximum atomic E-state index is 10.1. The number of aliphatic carboxylic acids is 1. The molecule has 11 heavy (non-hydrogen) atoms. The number of carbonyl (C=O) groups is 2. The second-order valence-electron chi connectivity index (χ2n) is 1.98. The van der Waals surface area contributed by atoms with Gasteiger partial charge in [-0.1, -0.05) is 6.58 Å². The maximum absolute atomic E-state index is 10.1. The van der Waals surface area contributed by atoms with E-state index in [1.807, 2.05) is 0 Å². The van der Waals surface area contributed by atoms with Gasteiger partial charge in [0.25, 0.3) is 0 Å². The highest BCUT2D eigenvalue weighted by Gasteiger charge is 2.02. The number of rotatable bonds is 5. The van der Waals surface area contributed by atoms with Gasteiger partial charge in [-0.05, 0) is 0 Å². The minimum atomic E-state index is -1.08. The van der Waals surface area contributed by atoms with Gasteiger partial charge in [-0.2, -0.15) is 0 Å². The van der Waals surface area contributed by atoms with Crippen molar-refractivity contribution < 1.29 is 14.7 Å². The van der Waals surface area contributed by atoms with Crippen LogP contribution in [0.1, 0.15) is 0 Å². The number of hydrogen-bond donors (Lipinski definition) is 3. The summed E-state index contributed by atoms with van der Waals surface area (Å²) < 4.78 is 0. The van der Waals surface area contributed by atoms with Crippen LogP contribution in [0.25, 0.3) is 0 Å². The molecule has 0 fully saturated rings. The van der Waals surface area contributed by atoms with Crippen molar-refractivity contribution in [3.63, 3.8) is 0 Å². The van der Waals surface area contributed by atoms with Crippen molar-refractivity contribution in [2.24, 2.45) is 5.73 Å². The fraction of sp³-hybridized carbons (Fsp3) is 0.333. The largest absolute Gasteiger partial charge is 0.478 e. The van der Waals surface area contributed by atoms with E-state index in [0.717, 1.165) is 0 Å². The average molecular weight is 158 g/mol. The highest BCUT2D eigenvalue weighted by Crippen LogP contribution is 1.84. The van der Waals surface area contributed by atoms with E-state index in [1.165, 1.54) is 0 Å². The van der Waals surface area contributed by atoms with Crippen LogP contribution in [0.4, 0.5) is 0 Å². The molecule has 0 bridgehead atoms. The molecule has 0 aliphatic carbocycles. The molecular formula is C6H10N2O3. The molecule has 0 spiro atoms. The number of primary amides is 1. The molecule has 5 heteroatoms. The van der Waals surface area contributed by atoms with E-state index in [0.29, 0.717) is 0 Å². The number of nitrogens with one attached hydrogen (secondary N) is 1. The molecule has 0 aliphatic heterocycles. The third kappa shape index (κ3) is 5.10.